The maximum Gasteiger partial charge on any atom is 0.167 e. The van der Waals surface area contributed by atoms with Gasteiger partial charge in [-0.15, -0.1) is 0 Å². The second kappa shape index (κ2) is 5.98. The van der Waals surface area contributed by atoms with Gasteiger partial charge in [0.1, 0.15) is 5.75 Å². The van der Waals surface area contributed by atoms with Crippen LogP contribution in [0.3, 0.4) is 0 Å². The Labute approximate surface area is 114 Å². The van der Waals surface area contributed by atoms with Gasteiger partial charge in [-0.1, -0.05) is 28.1 Å². The third-order valence-electron chi connectivity index (χ3n) is 2.45. The molecule has 0 fully saturated rings. The molecule has 4 heteroatoms. The minimum Gasteiger partial charge on any atom is -0.454 e. The number of hydrogen-bond acceptors (Lipinski definition) is 2. The van der Waals surface area contributed by atoms with E-state index in [1.54, 1.807) is 18.2 Å². The Morgan fingerprint density at radius 3 is 2.56 bits per heavy atom. The normalized spacial score (nSPS) is 10.4. The van der Waals surface area contributed by atoms with Gasteiger partial charge in [-0.2, -0.15) is 0 Å². The fourth-order valence-electron chi connectivity index (χ4n) is 1.62. The second-order valence-electron chi connectivity index (χ2n) is 3.81. The van der Waals surface area contributed by atoms with Crippen LogP contribution in [0.25, 0.3) is 0 Å². The minimum absolute atomic E-state index is 0.272. The Morgan fingerprint density at radius 1 is 1.17 bits per heavy atom. The van der Waals surface area contributed by atoms with E-state index >= 15 is 0 Å². The molecule has 0 aliphatic rings. The first-order valence-corrected chi connectivity index (χ1v) is 6.35. The summed E-state index contributed by atoms with van der Waals surface area (Å²) in [4.78, 5) is 0. The van der Waals surface area contributed by atoms with Crippen LogP contribution in [0.1, 0.15) is 5.56 Å². The van der Waals surface area contributed by atoms with Crippen molar-refractivity contribution in [2.24, 2.45) is 0 Å². The Kier molecular flexibility index (Phi) is 4.33. The Hall–Kier alpha value is -1.39. The lowest BCUT2D eigenvalue weighted by atomic mass is 10.2. The summed E-state index contributed by atoms with van der Waals surface area (Å²) in [6.07, 6.45) is 0. The number of benzene rings is 2. The summed E-state index contributed by atoms with van der Waals surface area (Å²) in [7, 11) is 1.81. The zero-order valence-corrected chi connectivity index (χ0v) is 11.5. The Balaban J connectivity index is 2.30. The first-order valence-electron chi connectivity index (χ1n) is 5.56. The van der Waals surface area contributed by atoms with Crippen molar-refractivity contribution in [2.75, 3.05) is 7.05 Å². The number of halogens is 2. The van der Waals surface area contributed by atoms with E-state index in [1.807, 2.05) is 25.2 Å². The van der Waals surface area contributed by atoms with E-state index in [2.05, 4.69) is 21.2 Å². The molecule has 2 rings (SSSR count). The molecule has 2 nitrogen and oxygen atoms in total. The molecule has 0 saturated heterocycles. The van der Waals surface area contributed by atoms with Crippen LogP contribution in [-0.4, -0.2) is 7.05 Å². The van der Waals surface area contributed by atoms with Gasteiger partial charge >= 0.3 is 0 Å². The zero-order chi connectivity index (χ0) is 13.0. The minimum atomic E-state index is -0.356. The third kappa shape index (κ3) is 3.09. The zero-order valence-electron chi connectivity index (χ0n) is 9.91. The molecule has 0 heterocycles. The summed E-state index contributed by atoms with van der Waals surface area (Å²) in [5, 5.41) is 2.99. The highest BCUT2D eigenvalue weighted by Crippen LogP contribution is 2.29. The summed E-state index contributed by atoms with van der Waals surface area (Å²) in [5.74, 6) is 0.528. The molecular weight excluding hydrogens is 297 g/mol. The van der Waals surface area contributed by atoms with Gasteiger partial charge in [0.05, 0.1) is 0 Å². The van der Waals surface area contributed by atoms with Crippen LogP contribution in [0, 0.1) is 5.82 Å². The highest BCUT2D eigenvalue weighted by atomic mass is 79.9. The van der Waals surface area contributed by atoms with Crippen LogP contribution in [0.15, 0.2) is 46.9 Å². The van der Waals surface area contributed by atoms with Crippen LogP contribution in [0.4, 0.5) is 4.39 Å². The lowest BCUT2D eigenvalue weighted by Crippen LogP contribution is -2.07. The molecule has 2 aromatic rings. The molecule has 2 aromatic carbocycles. The lowest BCUT2D eigenvalue weighted by Gasteiger charge is -2.11. The largest absolute Gasteiger partial charge is 0.454 e. The monoisotopic (exact) mass is 309 g/mol. The van der Waals surface area contributed by atoms with E-state index in [0.717, 1.165) is 10.0 Å². The molecule has 0 aliphatic heterocycles. The molecule has 0 saturated carbocycles. The van der Waals surface area contributed by atoms with E-state index < -0.39 is 0 Å². The fourth-order valence-corrected chi connectivity index (χ4v) is 1.88. The summed E-state index contributed by atoms with van der Waals surface area (Å²) in [6.45, 7) is 0.559. The molecule has 0 aliphatic carbocycles. The van der Waals surface area contributed by atoms with Gasteiger partial charge in [0.25, 0.3) is 0 Å². The van der Waals surface area contributed by atoms with E-state index in [-0.39, 0.29) is 11.6 Å². The maximum absolute atomic E-state index is 13.8. The number of rotatable bonds is 4. The predicted molar refractivity (Wildman–Crippen MR) is 73.4 cm³/mol. The molecule has 0 bridgehead atoms. The van der Waals surface area contributed by atoms with Gasteiger partial charge in [0, 0.05) is 16.6 Å². The number of ether oxygens (including phenoxy) is 1. The van der Waals surface area contributed by atoms with Crippen LogP contribution in [-0.2, 0) is 6.54 Å². The average Bonchev–Trinajstić information content (AvgIpc) is 2.36. The van der Waals surface area contributed by atoms with Gasteiger partial charge in [-0.05, 0) is 37.4 Å². The molecule has 0 amide bonds. The summed E-state index contributed by atoms with van der Waals surface area (Å²) in [6, 6.07) is 12.2. The van der Waals surface area contributed by atoms with Crippen molar-refractivity contribution in [3.05, 3.63) is 58.3 Å². The van der Waals surface area contributed by atoms with Crippen molar-refractivity contribution in [1.29, 1.82) is 0 Å². The second-order valence-corrected chi connectivity index (χ2v) is 4.73. The van der Waals surface area contributed by atoms with E-state index in [0.29, 0.717) is 12.3 Å². The van der Waals surface area contributed by atoms with Crippen molar-refractivity contribution in [2.45, 2.75) is 6.54 Å². The van der Waals surface area contributed by atoms with Crippen molar-refractivity contribution < 1.29 is 9.13 Å². The van der Waals surface area contributed by atoms with Gasteiger partial charge in [0.15, 0.2) is 11.6 Å². The SMILES string of the molecule is CNCc1cccc(F)c1Oc1ccc(Br)cc1. The van der Waals surface area contributed by atoms with E-state index in [9.17, 15) is 4.39 Å². The average molecular weight is 310 g/mol. The molecule has 18 heavy (non-hydrogen) atoms. The summed E-state index contributed by atoms with van der Waals surface area (Å²) >= 11 is 3.35. The Bertz CT molecular complexity index is 528. The molecule has 0 radical (unpaired) electrons. The Morgan fingerprint density at radius 2 is 1.89 bits per heavy atom. The highest BCUT2D eigenvalue weighted by molar-refractivity contribution is 9.10. The molecular formula is C14H13BrFNO. The van der Waals surface area contributed by atoms with Crippen molar-refractivity contribution in [1.82, 2.24) is 5.32 Å². The topological polar surface area (TPSA) is 21.3 Å². The van der Waals surface area contributed by atoms with Crippen molar-refractivity contribution >= 4 is 15.9 Å². The summed E-state index contributed by atoms with van der Waals surface area (Å²) < 4.78 is 20.3. The van der Waals surface area contributed by atoms with Crippen molar-refractivity contribution in [3.63, 3.8) is 0 Å². The quantitative estimate of drug-likeness (QED) is 0.918. The van der Waals surface area contributed by atoms with Gasteiger partial charge in [0.2, 0.25) is 0 Å². The maximum atomic E-state index is 13.8. The molecule has 1 N–H and O–H groups in total. The van der Waals surface area contributed by atoms with Gasteiger partial charge < -0.3 is 10.1 Å². The third-order valence-corrected chi connectivity index (χ3v) is 2.98. The smallest absolute Gasteiger partial charge is 0.167 e. The molecule has 0 aromatic heterocycles. The first-order chi connectivity index (χ1) is 8.70. The molecule has 0 unspecified atom stereocenters. The molecule has 0 spiro atoms. The standard InChI is InChI=1S/C14H13BrFNO/c1-17-9-10-3-2-4-13(16)14(10)18-12-7-5-11(15)6-8-12/h2-8,17H,9H2,1H3. The first kappa shape index (κ1) is 13.1. The van der Waals surface area contributed by atoms with Crippen LogP contribution in [0.2, 0.25) is 0 Å². The van der Waals surface area contributed by atoms with Crippen molar-refractivity contribution in [3.8, 4) is 11.5 Å². The number of hydrogen-bond donors (Lipinski definition) is 1. The van der Waals surface area contributed by atoms with Gasteiger partial charge in [-0.3, -0.25) is 0 Å². The molecule has 0 atom stereocenters. The number of nitrogens with one attached hydrogen (secondary N) is 1. The number of para-hydroxylation sites is 1. The van der Waals surface area contributed by atoms with Crippen LogP contribution < -0.4 is 10.1 Å². The van der Waals surface area contributed by atoms with E-state index in [4.69, 9.17) is 4.74 Å². The molecule has 94 valence electrons. The van der Waals surface area contributed by atoms with Gasteiger partial charge in [-0.25, -0.2) is 4.39 Å². The lowest BCUT2D eigenvalue weighted by molar-refractivity contribution is 0.434. The van der Waals surface area contributed by atoms with Crippen LogP contribution >= 0.6 is 15.9 Å². The van der Waals surface area contributed by atoms with E-state index in [1.165, 1.54) is 6.07 Å². The van der Waals surface area contributed by atoms with Crippen LogP contribution in [0.5, 0.6) is 11.5 Å². The highest BCUT2D eigenvalue weighted by Gasteiger charge is 2.10. The summed E-state index contributed by atoms with van der Waals surface area (Å²) in [5.41, 5.74) is 0.792. The predicted octanol–water partition coefficient (Wildman–Crippen LogP) is 4.10. The fraction of sp³-hybridized carbons (Fsp3) is 0.143.